The number of hydrogen-bond donors (Lipinski definition) is 1. The second kappa shape index (κ2) is 4.08. The minimum Gasteiger partial charge on any atom is -0.481 e. The number of carboxylic acids is 1. The summed E-state index contributed by atoms with van der Waals surface area (Å²) in [5.41, 5.74) is -0.147. The van der Waals surface area contributed by atoms with Crippen LogP contribution in [0.1, 0.15) is 19.6 Å². The molecule has 3 nitrogen and oxygen atoms in total. The lowest BCUT2D eigenvalue weighted by Gasteiger charge is -2.16. The molecule has 2 rings (SSSR count). The Morgan fingerprint density at radius 2 is 2.12 bits per heavy atom. The van der Waals surface area contributed by atoms with E-state index in [0.717, 1.165) is 5.39 Å². The molecule has 0 atom stereocenters. The molecule has 0 saturated heterocycles. The Balaban J connectivity index is 2.34. The summed E-state index contributed by atoms with van der Waals surface area (Å²) in [5, 5.41) is 10.6. The van der Waals surface area contributed by atoms with Crippen molar-refractivity contribution in [2.45, 2.75) is 20.3 Å². The van der Waals surface area contributed by atoms with Crippen molar-refractivity contribution >= 4 is 28.5 Å². The van der Waals surface area contributed by atoms with Gasteiger partial charge in [-0.1, -0.05) is 11.6 Å². The highest BCUT2D eigenvalue weighted by Gasteiger charge is 2.28. The molecule has 0 aliphatic carbocycles. The number of benzene rings is 1. The van der Waals surface area contributed by atoms with E-state index in [0.29, 0.717) is 22.8 Å². The first-order chi connectivity index (χ1) is 7.88. The molecule has 90 valence electrons. The summed E-state index contributed by atoms with van der Waals surface area (Å²) in [6.07, 6.45) is 0.356. The molecule has 1 N–H and O–H groups in total. The number of furan rings is 1. The van der Waals surface area contributed by atoms with E-state index in [1.165, 1.54) is 0 Å². The van der Waals surface area contributed by atoms with Crippen LogP contribution < -0.4 is 0 Å². The monoisotopic (exact) mass is 252 g/mol. The lowest BCUT2D eigenvalue weighted by molar-refractivity contribution is -0.147. The smallest absolute Gasteiger partial charge is 0.309 e. The third-order valence-electron chi connectivity index (χ3n) is 2.73. The minimum absolute atomic E-state index is 0.356. The molecule has 0 aliphatic rings. The highest BCUT2D eigenvalue weighted by molar-refractivity contribution is 6.31. The van der Waals surface area contributed by atoms with Crippen molar-refractivity contribution < 1.29 is 14.3 Å². The highest BCUT2D eigenvalue weighted by Crippen LogP contribution is 2.28. The molecular formula is C13H13ClO3. The summed E-state index contributed by atoms with van der Waals surface area (Å²) >= 11 is 5.86. The molecule has 17 heavy (non-hydrogen) atoms. The average Bonchev–Trinajstić information content (AvgIpc) is 2.57. The van der Waals surface area contributed by atoms with Gasteiger partial charge in [-0.15, -0.1) is 0 Å². The van der Waals surface area contributed by atoms with Crippen LogP contribution in [-0.4, -0.2) is 11.1 Å². The van der Waals surface area contributed by atoms with Crippen LogP contribution in [0, 0.1) is 5.41 Å². The number of hydrogen-bond acceptors (Lipinski definition) is 2. The van der Waals surface area contributed by atoms with Crippen molar-refractivity contribution in [2.75, 3.05) is 0 Å². The van der Waals surface area contributed by atoms with Gasteiger partial charge in [-0.25, -0.2) is 0 Å². The third kappa shape index (κ3) is 2.44. The fourth-order valence-corrected chi connectivity index (χ4v) is 1.82. The van der Waals surface area contributed by atoms with Gasteiger partial charge < -0.3 is 9.52 Å². The Hall–Kier alpha value is -1.48. The Morgan fingerprint density at radius 1 is 1.41 bits per heavy atom. The van der Waals surface area contributed by atoms with Gasteiger partial charge in [0.05, 0.1) is 5.41 Å². The van der Waals surface area contributed by atoms with Gasteiger partial charge in [0.1, 0.15) is 11.3 Å². The molecule has 0 unspecified atom stereocenters. The van der Waals surface area contributed by atoms with Gasteiger partial charge in [-0.2, -0.15) is 0 Å². The molecule has 2 aromatic rings. The van der Waals surface area contributed by atoms with E-state index >= 15 is 0 Å². The van der Waals surface area contributed by atoms with E-state index in [2.05, 4.69) is 0 Å². The first kappa shape index (κ1) is 12.0. The molecule has 4 heteroatoms. The standard InChI is InChI=1S/C13H13ClO3/c1-13(2,12(15)16)7-10-5-8-3-4-9(14)6-11(8)17-10/h3-6H,7H2,1-2H3,(H,15,16). The van der Waals surface area contributed by atoms with Crippen molar-refractivity contribution in [3.63, 3.8) is 0 Å². The molecule has 0 saturated carbocycles. The van der Waals surface area contributed by atoms with E-state index < -0.39 is 11.4 Å². The largest absolute Gasteiger partial charge is 0.481 e. The number of rotatable bonds is 3. The SMILES string of the molecule is CC(C)(Cc1cc2ccc(Cl)cc2o1)C(=O)O. The minimum atomic E-state index is -0.837. The summed E-state index contributed by atoms with van der Waals surface area (Å²) in [4.78, 5) is 11.0. The Bertz CT molecular complexity index is 569. The van der Waals surface area contributed by atoms with Crippen LogP contribution in [0.5, 0.6) is 0 Å². The van der Waals surface area contributed by atoms with Gasteiger partial charge in [-0.05, 0) is 38.1 Å². The van der Waals surface area contributed by atoms with Crippen LogP contribution in [0.4, 0.5) is 0 Å². The van der Waals surface area contributed by atoms with Crippen molar-refractivity contribution in [2.24, 2.45) is 5.41 Å². The summed E-state index contributed by atoms with van der Waals surface area (Å²) in [6.45, 7) is 3.35. The molecule has 0 bridgehead atoms. The van der Waals surface area contributed by atoms with Gasteiger partial charge >= 0.3 is 5.97 Å². The van der Waals surface area contributed by atoms with Crippen molar-refractivity contribution in [1.29, 1.82) is 0 Å². The Kier molecular flexibility index (Phi) is 2.87. The zero-order valence-electron chi connectivity index (χ0n) is 9.66. The lowest BCUT2D eigenvalue weighted by Crippen LogP contribution is -2.25. The van der Waals surface area contributed by atoms with Crippen molar-refractivity contribution in [3.05, 3.63) is 35.0 Å². The molecule has 1 heterocycles. The number of halogens is 1. The Morgan fingerprint density at radius 3 is 2.76 bits per heavy atom. The Labute approximate surface area is 104 Å². The van der Waals surface area contributed by atoms with E-state index in [-0.39, 0.29) is 0 Å². The molecule has 1 aromatic carbocycles. The number of carbonyl (C=O) groups is 1. The van der Waals surface area contributed by atoms with Gasteiger partial charge in [0.25, 0.3) is 0 Å². The lowest BCUT2D eigenvalue weighted by atomic mass is 9.88. The first-order valence-electron chi connectivity index (χ1n) is 5.30. The summed E-state index contributed by atoms with van der Waals surface area (Å²) in [6, 6.07) is 7.23. The highest BCUT2D eigenvalue weighted by atomic mass is 35.5. The van der Waals surface area contributed by atoms with Gasteiger partial charge in [0.2, 0.25) is 0 Å². The number of carboxylic acid groups (broad SMARTS) is 1. The number of fused-ring (bicyclic) bond motifs is 1. The van der Waals surface area contributed by atoms with E-state index in [4.69, 9.17) is 21.1 Å². The second-order valence-corrected chi connectivity index (χ2v) is 5.20. The van der Waals surface area contributed by atoms with Crippen molar-refractivity contribution in [3.8, 4) is 0 Å². The maximum absolute atomic E-state index is 11.0. The zero-order valence-corrected chi connectivity index (χ0v) is 10.4. The topological polar surface area (TPSA) is 50.4 Å². The van der Waals surface area contributed by atoms with Gasteiger partial charge in [-0.3, -0.25) is 4.79 Å². The third-order valence-corrected chi connectivity index (χ3v) is 2.96. The molecule has 0 spiro atoms. The predicted molar refractivity (Wildman–Crippen MR) is 66.3 cm³/mol. The van der Waals surface area contributed by atoms with Crippen LogP contribution in [0.15, 0.2) is 28.7 Å². The van der Waals surface area contributed by atoms with Crippen LogP contribution in [0.25, 0.3) is 11.0 Å². The second-order valence-electron chi connectivity index (χ2n) is 4.76. The molecule has 0 fully saturated rings. The predicted octanol–water partition coefficient (Wildman–Crippen LogP) is 3.74. The van der Waals surface area contributed by atoms with Gasteiger partial charge in [0.15, 0.2) is 0 Å². The molecule has 1 aromatic heterocycles. The normalized spacial score (nSPS) is 11.9. The van der Waals surface area contributed by atoms with E-state index in [9.17, 15) is 4.79 Å². The quantitative estimate of drug-likeness (QED) is 0.905. The average molecular weight is 253 g/mol. The van der Waals surface area contributed by atoms with E-state index in [1.54, 1.807) is 26.0 Å². The van der Waals surface area contributed by atoms with Crippen LogP contribution in [-0.2, 0) is 11.2 Å². The fraction of sp³-hybridized carbons (Fsp3) is 0.308. The first-order valence-corrected chi connectivity index (χ1v) is 5.68. The molecule has 0 aliphatic heterocycles. The number of aliphatic carboxylic acids is 1. The molecular weight excluding hydrogens is 240 g/mol. The molecule has 0 radical (unpaired) electrons. The summed E-state index contributed by atoms with van der Waals surface area (Å²) in [7, 11) is 0. The van der Waals surface area contributed by atoms with Gasteiger partial charge in [0, 0.05) is 16.8 Å². The van der Waals surface area contributed by atoms with Crippen molar-refractivity contribution in [1.82, 2.24) is 0 Å². The summed E-state index contributed by atoms with van der Waals surface area (Å²) < 4.78 is 5.59. The maximum atomic E-state index is 11.0. The summed E-state index contributed by atoms with van der Waals surface area (Å²) in [5.74, 6) is -0.175. The van der Waals surface area contributed by atoms with E-state index in [1.807, 2.05) is 12.1 Å². The van der Waals surface area contributed by atoms with Crippen LogP contribution in [0.2, 0.25) is 5.02 Å². The molecule has 0 amide bonds. The van der Waals surface area contributed by atoms with Crippen LogP contribution in [0.3, 0.4) is 0 Å². The van der Waals surface area contributed by atoms with Crippen LogP contribution >= 0.6 is 11.6 Å². The fourth-order valence-electron chi connectivity index (χ4n) is 1.66. The maximum Gasteiger partial charge on any atom is 0.309 e. The zero-order chi connectivity index (χ0) is 12.6.